The summed E-state index contributed by atoms with van der Waals surface area (Å²) in [6.07, 6.45) is 5.35. The van der Waals surface area contributed by atoms with E-state index in [-0.39, 0.29) is 0 Å². The summed E-state index contributed by atoms with van der Waals surface area (Å²) in [5.41, 5.74) is 3.94. The second kappa shape index (κ2) is 6.47. The van der Waals surface area contributed by atoms with Crippen molar-refractivity contribution in [3.05, 3.63) is 29.3 Å². The van der Waals surface area contributed by atoms with Crippen molar-refractivity contribution in [2.45, 2.75) is 45.4 Å². The van der Waals surface area contributed by atoms with E-state index in [4.69, 9.17) is 11.6 Å². The molecule has 1 nitrogen and oxygen atoms in total. The van der Waals surface area contributed by atoms with Crippen LogP contribution in [0, 0.1) is 12.8 Å². The van der Waals surface area contributed by atoms with E-state index in [2.05, 4.69) is 36.9 Å². The fourth-order valence-electron chi connectivity index (χ4n) is 2.94. The molecule has 1 atom stereocenters. The highest BCUT2D eigenvalue weighted by Crippen LogP contribution is 2.28. The number of anilines is 1. The second-order valence-corrected chi connectivity index (χ2v) is 5.73. The van der Waals surface area contributed by atoms with Crippen molar-refractivity contribution in [1.82, 2.24) is 0 Å². The van der Waals surface area contributed by atoms with E-state index in [1.54, 1.807) is 0 Å². The Morgan fingerprint density at radius 3 is 2.83 bits per heavy atom. The molecule has 1 aliphatic rings. The quantitative estimate of drug-likeness (QED) is 0.713. The van der Waals surface area contributed by atoms with Crippen LogP contribution in [0.2, 0.25) is 0 Å². The fourth-order valence-corrected chi connectivity index (χ4v) is 3.16. The molecule has 1 saturated heterocycles. The average Bonchev–Trinajstić information content (AvgIpc) is 2.63. The third kappa shape index (κ3) is 3.20. The molecule has 0 saturated carbocycles. The predicted octanol–water partition coefficient (Wildman–Crippen LogP) is 4.75. The van der Waals surface area contributed by atoms with Crippen LogP contribution in [0.5, 0.6) is 0 Å². The van der Waals surface area contributed by atoms with Crippen molar-refractivity contribution in [3.63, 3.8) is 0 Å². The van der Waals surface area contributed by atoms with Gasteiger partial charge in [0.25, 0.3) is 0 Å². The summed E-state index contributed by atoms with van der Waals surface area (Å²) < 4.78 is 0. The van der Waals surface area contributed by atoms with Crippen LogP contribution in [-0.4, -0.2) is 13.1 Å². The Morgan fingerprint density at radius 2 is 2.11 bits per heavy atom. The summed E-state index contributed by atoms with van der Waals surface area (Å²) in [6.45, 7) is 6.82. The number of hydrogen-bond donors (Lipinski definition) is 0. The molecule has 1 fully saturated rings. The lowest BCUT2D eigenvalue weighted by molar-refractivity contribution is 0.459. The van der Waals surface area contributed by atoms with Crippen molar-refractivity contribution in [3.8, 4) is 0 Å². The van der Waals surface area contributed by atoms with E-state index >= 15 is 0 Å². The Labute approximate surface area is 116 Å². The van der Waals surface area contributed by atoms with Crippen molar-refractivity contribution < 1.29 is 0 Å². The van der Waals surface area contributed by atoms with E-state index in [1.165, 1.54) is 55.6 Å². The van der Waals surface area contributed by atoms with Gasteiger partial charge in [0.1, 0.15) is 0 Å². The molecule has 1 aliphatic heterocycles. The highest BCUT2D eigenvalue weighted by molar-refractivity contribution is 6.17. The molecule has 1 unspecified atom stereocenters. The summed E-state index contributed by atoms with van der Waals surface area (Å²) in [5, 5.41) is 0. The highest BCUT2D eigenvalue weighted by Gasteiger charge is 2.17. The van der Waals surface area contributed by atoms with Gasteiger partial charge in [0, 0.05) is 24.7 Å². The van der Waals surface area contributed by atoms with E-state index in [0.29, 0.717) is 5.88 Å². The van der Waals surface area contributed by atoms with Crippen LogP contribution < -0.4 is 4.90 Å². The van der Waals surface area contributed by atoms with Gasteiger partial charge in [-0.15, -0.1) is 11.6 Å². The van der Waals surface area contributed by atoms with Gasteiger partial charge in [-0.2, -0.15) is 0 Å². The van der Waals surface area contributed by atoms with Crippen LogP contribution in [0.3, 0.4) is 0 Å². The molecule has 0 N–H and O–H groups in total. The highest BCUT2D eigenvalue weighted by atomic mass is 35.5. The minimum atomic E-state index is 0.616. The Hall–Kier alpha value is -0.690. The SMILES string of the molecule is CCC1CCCN(c2ccc(C)cc2CCl)CC1. The van der Waals surface area contributed by atoms with Crippen LogP contribution in [0.15, 0.2) is 18.2 Å². The lowest BCUT2D eigenvalue weighted by atomic mass is 9.98. The van der Waals surface area contributed by atoms with E-state index < -0.39 is 0 Å². The molecule has 0 aliphatic carbocycles. The number of halogens is 1. The maximum absolute atomic E-state index is 6.09. The van der Waals surface area contributed by atoms with Gasteiger partial charge >= 0.3 is 0 Å². The smallest absolute Gasteiger partial charge is 0.0494 e. The number of hydrogen-bond acceptors (Lipinski definition) is 1. The number of aryl methyl sites for hydroxylation is 1. The van der Waals surface area contributed by atoms with Crippen molar-refractivity contribution in [1.29, 1.82) is 0 Å². The zero-order valence-electron chi connectivity index (χ0n) is 11.6. The molecule has 2 rings (SSSR count). The maximum atomic E-state index is 6.09. The van der Waals surface area contributed by atoms with Crippen molar-refractivity contribution >= 4 is 17.3 Å². The first-order valence-electron chi connectivity index (χ1n) is 7.15. The van der Waals surface area contributed by atoms with E-state index in [9.17, 15) is 0 Å². The molecule has 1 heterocycles. The normalized spacial score (nSPS) is 20.8. The van der Waals surface area contributed by atoms with Crippen molar-refractivity contribution in [2.75, 3.05) is 18.0 Å². The van der Waals surface area contributed by atoms with Crippen molar-refractivity contribution in [2.24, 2.45) is 5.92 Å². The minimum Gasteiger partial charge on any atom is -0.371 e. The van der Waals surface area contributed by atoms with Crippen LogP contribution in [0.25, 0.3) is 0 Å². The predicted molar refractivity (Wildman–Crippen MR) is 80.6 cm³/mol. The Balaban J connectivity index is 2.15. The third-order valence-electron chi connectivity index (χ3n) is 4.14. The van der Waals surface area contributed by atoms with E-state index in [0.717, 1.165) is 5.92 Å². The third-order valence-corrected chi connectivity index (χ3v) is 4.43. The second-order valence-electron chi connectivity index (χ2n) is 5.46. The fraction of sp³-hybridized carbons (Fsp3) is 0.625. The largest absolute Gasteiger partial charge is 0.371 e. The molecule has 0 radical (unpaired) electrons. The first-order chi connectivity index (χ1) is 8.74. The summed E-state index contributed by atoms with van der Waals surface area (Å²) in [4.78, 5) is 2.53. The van der Waals surface area contributed by atoms with Crippen LogP contribution in [-0.2, 0) is 5.88 Å². The van der Waals surface area contributed by atoms with Crippen LogP contribution >= 0.6 is 11.6 Å². The van der Waals surface area contributed by atoms with Crippen LogP contribution in [0.4, 0.5) is 5.69 Å². The first-order valence-corrected chi connectivity index (χ1v) is 7.68. The molecule has 100 valence electrons. The number of nitrogens with zero attached hydrogens (tertiary/aromatic N) is 1. The van der Waals surface area contributed by atoms with Gasteiger partial charge in [0.05, 0.1) is 0 Å². The van der Waals surface area contributed by atoms with Gasteiger partial charge in [-0.1, -0.05) is 31.0 Å². The molecule has 2 heteroatoms. The van der Waals surface area contributed by atoms with Crippen LogP contribution in [0.1, 0.15) is 43.7 Å². The summed E-state index contributed by atoms with van der Waals surface area (Å²) in [5.74, 6) is 1.53. The topological polar surface area (TPSA) is 3.24 Å². The molecule has 18 heavy (non-hydrogen) atoms. The molecule has 0 amide bonds. The van der Waals surface area contributed by atoms with Gasteiger partial charge in [0.2, 0.25) is 0 Å². The Bertz CT molecular complexity index is 389. The average molecular weight is 266 g/mol. The van der Waals surface area contributed by atoms with Gasteiger partial charge in [-0.3, -0.25) is 0 Å². The zero-order chi connectivity index (χ0) is 13.0. The van der Waals surface area contributed by atoms with Gasteiger partial charge in [-0.05, 0) is 43.7 Å². The molecule has 0 aromatic heterocycles. The standard InChI is InChI=1S/C16H24ClN/c1-3-14-5-4-9-18(10-8-14)16-7-6-13(2)11-15(16)12-17/h6-7,11,14H,3-5,8-10,12H2,1-2H3. The number of benzene rings is 1. The number of alkyl halides is 1. The summed E-state index contributed by atoms with van der Waals surface area (Å²) >= 11 is 6.09. The summed E-state index contributed by atoms with van der Waals surface area (Å²) in [7, 11) is 0. The molecule has 0 spiro atoms. The molecule has 1 aromatic carbocycles. The van der Waals surface area contributed by atoms with Gasteiger partial charge < -0.3 is 4.90 Å². The first kappa shape index (κ1) is 13.7. The van der Waals surface area contributed by atoms with E-state index in [1.807, 2.05) is 0 Å². The monoisotopic (exact) mass is 265 g/mol. The minimum absolute atomic E-state index is 0.616. The lowest BCUT2D eigenvalue weighted by Gasteiger charge is -2.25. The Morgan fingerprint density at radius 1 is 1.28 bits per heavy atom. The molecule has 1 aromatic rings. The lowest BCUT2D eigenvalue weighted by Crippen LogP contribution is -2.25. The maximum Gasteiger partial charge on any atom is 0.0494 e. The molecule has 0 bridgehead atoms. The molecular weight excluding hydrogens is 242 g/mol. The molecular formula is C16H24ClN. The zero-order valence-corrected chi connectivity index (χ0v) is 12.3. The van der Waals surface area contributed by atoms with Gasteiger partial charge in [-0.25, -0.2) is 0 Å². The van der Waals surface area contributed by atoms with Gasteiger partial charge in [0.15, 0.2) is 0 Å². The number of rotatable bonds is 3. The summed E-state index contributed by atoms with van der Waals surface area (Å²) in [6, 6.07) is 6.68. The Kier molecular flexibility index (Phi) is 4.94.